The first-order valence-corrected chi connectivity index (χ1v) is 7.06. The molecule has 1 amide bonds. The van der Waals surface area contributed by atoms with Gasteiger partial charge in [0.1, 0.15) is 5.56 Å². The highest BCUT2D eigenvalue weighted by Crippen LogP contribution is 2.23. The van der Waals surface area contributed by atoms with Crippen LogP contribution in [0.25, 0.3) is 10.9 Å². The van der Waals surface area contributed by atoms with Gasteiger partial charge in [-0.1, -0.05) is 31.0 Å². The Morgan fingerprint density at radius 2 is 1.95 bits per heavy atom. The maximum Gasteiger partial charge on any atom is 0.261 e. The van der Waals surface area contributed by atoms with Crippen LogP contribution in [-0.4, -0.2) is 28.9 Å². The molecular weight excluding hydrogens is 252 g/mol. The summed E-state index contributed by atoms with van der Waals surface area (Å²) in [6, 6.07) is 9.47. The molecule has 0 saturated heterocycles. The largest absolute Gasteiger partial charge is 0.339 e. The van der Waals surface area contributed by atoms with Gasteiger partial charge in [-0.2, -0.15) is 0 Å². The lowest BCUT2D eigenvalue weighted by Gasteiger charge is -2.24. The van der Waals surface area contributed by atoms with Crippen molar-refractivity contribution in [3.8, 4) is 0 Å². The number of aromatic amines is 1. The minimum Gasteiger partial charge on any atom is -0.339 e. The molecule has 4 nitrogen and oxygen atoms in total. The van der Waals surface area contributed by atoms with Crippen LogP contribution in [0.3, 0.4) is 0 Å². The van der Waals surface area contributed by atoms with Crippen LogP contribution in [0.1, 0.15) is 36.0 Å². The third-order valence-corrected chi connectivity index (χ3v) is 4.18. The number of nitrogens with zero attached hydrogens (tertiary/aromatic N) is 1. The lowest BCUT2D eigenvalue weighted by molar-refractivity contribution is 0.0733. The number of hydrogen-bond donors (Lipinski definition) is 1. The highest BCUT2D eigenvalue weighted by Gasteiger charge is 2.25. The summed E-state index contributed by atoms with van der Waals surface area (Å²) in [5.74, 6) is -0.177. The van der Waals surface area contributed by atoms with Crippen molar-refractivity contribution in [2.75, 3.05) is 7.05 Å². The standard InChI is InChI=1S/C16H18N2O2/c1-18(12-7-3-4-8-12)16(20)13-10-11-6-2-5-9-14(11)17-15(13)19/h2,5-6,9-10,12H,3-4,7-8H2,1H3,(H,17,19). The zero-order valence-corrected chi connectivity index (χ0v) is 11.6. The molecule has 1 aliphatic rings. The lowest BCUT2D eigenvalue weighted by atomic mass is 10.1. The van der Waals surface area contributed by atoms with Gasteiger partial charge in [0.05, 0.1) is 0 Å². The number of H-pyrrole nitrogens is 1. The van der Waals surface area contributed by atoms with E-state index in [2.05, 4.69) is 4.98 Å². The van der Waals surface area contributed by atoms with E-state index in [9.17, 15) is 9.59 Å². The maximum atomic E-state index is 12.5. The molecule has 104 valence electrons. The van der Waals surface area contributed by atoms with Gasteiger partial charge in [0.25, 0.3) is 11.5 Å². The first-order chi connectivity index (χ1) is 9.66. The van der Waals surface area contributed by atoms with Crippen molar-refractivity contribution in [1.29, 1.82) is 0 Å². The SMILES string of the molecule is CN(C(=O)c1cc2ccccc2[nH]c1=O)C1CCCC1. The fourth-order valence-corrected chi connectivity index (χ4v) is 2.95. The number of carbonyl (C=O) groups is 1. The Morgan fingerprint density at radius 1 is 1.25 bits per heavy atom. The molecule has 0 atom stereocenters. The number of hydrogen-bond acceptors (Lipinski definition) is 2. The van der Waals surface area contributed by atoms with E-state index >= 15 is 0 Å². The van der Waals surface area contributed by atoms with Crippen molar-refractivity contribution in [3.05, 3.63) is 46.2 Å². The van der Waals surface area contributed by atoms with E-state index in [1.54, 1.807) is 18.0 Å². The van der Waals surface area contributed by atoms with Gasteiger partial charge in [-0.05, 0) is 30.4 Å². The normalized spacial score (nSPS) is 15.7. The Labute approximate surface area is 117 Å². The summed E-state index contributed by atoms with van der Waals surface area (Å²) in [4.78, 5) is 29.1. The molecule has 1 aromatic carbocycles. The molecule has 0 bridgehead atoms. The number of rotatable bonds is 2. The van der Waals surface area contributed by atoms with Crippen LogP contribution in [0.2, 0.25) is 0 Å². The fourth-order valence-electron chi connectivity index (χ4n) is 2.95. The first kappa shape index (κ1) is 12.9. The number of fused-ring (bicyclic) bond motifs is 1. The molecule has 1 N–H and O–H groups in total. The summed E-state index contributed by atoms with van der Waals surface area (Å²) in [7, 11) is 1.80. The van der Waals surface area contributed by atoms with Gasteiger partial charge in [0.15, 0.2) is 0 Å². The fraction of sp³-hybridized carbons (Fsp3) is 0.375. The second kappa shape index (κ2) is 5.12. The van der Waals surface area contributed by atoms with E-state index < -0.39 is 0 Å². The van der Waals surface area contributed by atoms with E-state index in [-0.39, 0.29) is 23.1 Å². The minimum absolute atomic E-state index is 0.177. The molecule has 2 aromatic rings. The molecule has 0 radical (unpaired) electrons. The van der Waals surface area contributed by atoms with Crippen molar-refractivity contribution in [1.82, 2.24) is 9.88 Å². The van der Waals surface area contributed by atoms with Gasteiger partial charge in [-0.15, -0.1) is 0 Å². The summed E-state index contributed by atoms with van der Waals surface area (Å²) in [5, 5.41) is 0.885. The Balaban J connectivity index is 1.98. The summed E-state index contributed by atoms with van der Waals surface area (Å²) < 4.78 is 0. The highest BCUT2D eigenvalue weighted by atomic mass is 16.2. The number of nitrogens with one attached hydrogen (secondary N) is 1. The number of carbonyl (C=O) groups excluding carboxylic acids is 1. The second-order valence-corrected chi connectivity index (χ2v) is 5.45. The van der Waals surface area contributed by atoms with Gasteiger partial charge < -0.3 is 9.88 Å². The molecule has 1 heterocycles. The molecule has 1 fully saturated rings. The minimum atomic E-state index is -0.307. The maximum absolute atomic E-state index is 12.5. The van der Waals surface area contributed by atoms with Crippen LogP contribution in [-0.2, 0) is 0 Å². The third-order valence-electron chi connectivity index (χ3n) is 4.18. The van der Waals surface area contributed by atoms with E-state index in [0.717, 1.165) is 36.6 Å². The van der Waals surface area contributed by atoms with Crippen LogP contribution in [0.5, 0.6) is 0 Å². The number of benzene rings is 1. The monoisotopic (exact) mass is 270 g/mol. The quantitative estimate of drug-likeness (QED) is 0.911. The number of pyridine rings is 1. The summed E-state index contributed by atoms with van der Waals surface area (Å²) in [6.07, 6.45) is 4.40. The lowest BCUT2D eigenvalue weighted by Crippen LogP contribution is -2.38. The Kier molecular flexibility index (Phi) is 3.30. The van der Waals surface area contributed by atoms with Crippen LogP contribution in [0.4, 0.5) is 0 Å². The molecule has 0 unspecified atom stereocenters. The number of aromatic nitrogens is 1. The van der Waals surface area contributed by atoms with Crippen molar-refractivity contribution < 1.29 is 4.79 Å². The molecule has 1 aromatic heterocycles. The average molecular weight is 270 g/mol. The number of para-hydroxylation sites is 1. The van der Waals surface area contributed by atoms with Gasteiger partial charge in [0.2, 0.25) is 0 Å². The van der Waals surface area contributed by atoms with E-state index in [0.29, 0.717) is 0 Å². The molecule has 3 rings (SSSR count). The Bertz CT molecular complexity index is 699. The second-order valence-electron chi connectivity index (χ2n) is 5.45. The Morgan fingerprint density at radius 3 is 2.70 bits per heavy atom. The van der Waals surface area contributed by atoms with Gasteiger partial charge in [-0.25, -0.2) is 0 Å². The Hall–Kier alpha value is -2.10. The summed E-state index contributed by atoms with van der Waals surface area (Å²) >= 11 is 0. The molecule has 20 heavy (non-hydrogen) atoms. The first-order valence-electron chi connectivity index (χ1n) is 7.06. The highest BCUT2D eigenvalue weighted by molar-refractivity contribution is 5.97. The van der Waals surface area contributed by atoms with Crippen LogP contribution in [0, 0.1) is 0 Å². The van der Waals surface area contributed by atoms with Crippen molar-refractivity contribution in [3.63, 3.8) is 0 Å². The predicted molar refractivity (Wildman–Crippen MR) is 78.9 cm³/mol. The van der Waals surface area contributed by atoms with Crippen LogP contribution in [0.15, 0.2) is 35.1 Å². The molecule has 4 heteroatoms. The van der Waals surface area contributed by atoms with Crippen molar-refractivity contribution >= 4 is 16.8 Å². The van der Waals surface area contributed by atoms with Gasteiger partial charge in [-0.3, -0.25) is 9.59 Å². The van der Waals surface area contributed by atoms with Crippen LogP contribution >= 0.6 is 0 Å². The molecule has 1 saturated carbocycles. The van der Waals surface area contributed by atoms with Crippen LogP contribution < -0.4 is 5.56 Å². The smallest absolute Gasteiger partial charge is 0.261 e. The number of amides is 1. The van der Waals surface area contributed by atoms with Gasteiger partial charge in [0, 0.05) is 18.6 Å². The van der Waals surface area contributed by atoms with Gasteiger partial charge >= 0.3 is 0 Å². The van der Waals surface area contributed by atoms with E-state index in [1.807, 2.05) is 24.3 Å². The molecule has 0 spiro atoms. The molecule has 0 aliphatic heterocycles. The summed E-state index contributed by atoms with van der Waals surface area (Å²) in [6.45, 7) is 0. The predicted octanol–water partition coefficient (Wildman–Crippen LogP) is 2.54. The van der Waals surface area contributed by atoms with Crippen molar-refractivity contribution in [2.45, 2.75) is 31.7 Å². The molecule has 1 aliphatic carbocycles. The molecular formula is C16H18N2O2. The average Bonchev–Trinajstić information content (AvgIpc) is 2.99. The van der Waals surface area contributed by atoms with E-state index in [4.69, 9.17) is 0 Å². The third kappa shape index (κ3) is 2.22. The van der Waals surface area contributed by atoms with Crippen molar-refractivity contribution in [2.24, 2.45) is 0 Å². The summed E-state index contributed by atoms with van der Waals surface area (Å²) in [5.41, 5.74) is 0.689. The topological polar surface area (TPSA) is 53.2 Å². The van der Waals surface area contributed by atoms with E-state index in [1.165, 1.54) is 0 Å². The zero-order valence-electron chi connectivity index (χ0n) is 11.6. The zero-order chi connectivity index (χ0) is 14.1.